The first-order valence-electron chi connectivity index (χ1n) is 5.01. The number of hydrogen-bond donors (Lipinski definition) is 0. The lowest BCUT2D eigenvalue weighted by molar-refractivity contribution is 0.282. The van der Waals surface area contributed by atoms with Crippen molar-refractivity contribution in [3.8, 4) is 5.88 Å². The fraction of sp³-hybridized carbons (Fsp3) is 0.167. The quantitative estimate of drug-likeness (QED) is 0.816. The summed E-state index contributed by atoms with van der Waals surface area (Å²) in [5.41, 5.74) is 1.06. The van der Waals surface area contributed by atoms with Crippen LogP contribution in [-0.2, 0) is 6.61 Å². The number of nitrogens with zero attached hydrogens (tertiary/aromatic N) is 2. The lowest BCUT2D eigenvalue weighted by atomic mass is 10.2. The summed E-state index contributed by atoms with van der Waals surface area (Å²) >= 11 is 3.23. The number of halogens is 2. The van der Waals surface area contributed by atoms with Crippen LogP contribution in [0, 0.1) is 12.7 Å². The molecule has 0 amide bonds. The molecule has 0 N–H and O–H groups in total. The summed E-state index contributed by atoms with van der Waals surface area (Å²) in [6.07, 6.45) is 1.61. The van der Waals surface area contributed by atoms with Gasteiger partial charge in [-0.25, -0.2) is 9.37 Å². The molecule has 2 aromatic heterocycles. The lowest BCUT2D eigenvalue weighted by Gasteiger charge is -2.06. The number of hydrogen-bond acceptors (Lipinski definition) is 3. The zero-order chi connectivity index (χ0) is 12.3. The Bertz CT molecular complexity index is 534. The maximum atomic E-state index is 13.5. The third-order valence-electron chi connectivity index (χ3n) is 2.10. The van der Waals surface area contributed by atoms with Crippen LogP contribution in [0.4, 0.5) is 4.39 Å². The van der Waals surface area contributed by atoms with Gasteiger partial charge in [0.25, 0.3) is 0 Å². The van der Waals surface area contributed by atoms with Gasteiger partial charge in [0.05, 0.1) is 0 Å². The average molecular weight is 297 g/mol. The van der Waals surface area contributed by atoms with Gasteiger partial charge in [0.1, 0.15) is 22.7 Å². The molecule has 0 aliphatic carbocycles. The molecule has 3 nitrogen and oxygen atoms in total. The van der Waals surface area contributed by atoms with Gasteiger partial charge in [-0.1, -0.05) is 6.07 Å². The predicted octanol–water partition coefficient (Wildman–Crippen LogP) is 3.27. The Morgan fingerprint density at radius 1 is 1.41 bits per heavy atom. The van der Waals surface area contributed by atoms with Crippen molar-refractivity contribution in [1.29, 1.82) is 0 Å². The summed E-state index contributed by atoms with van der Waals surface area (Å²) in [5, 5.41) is 0. The smallest absolute Gasteiger partial charge is 0.214 e. The number of pyridine rings is 2. The molecule has 0 aromatic carbocycles. The molecule has 0 fully saturated rings. The summed E-state index contributed by atoms with van der Waals surface area (Å²) in [5.74, 6) is 0.0705. The minimum absolute atomic E-state index is 0.0650. The number of rotatable bonds is 3. The first kappa shape index (κ1) is 12.0. The van der Waals surface area contributed by atoms with Gasteiger partial charge < -0.3 is 4.74 Å². The summed E-state index contributed by atoms with van der Waals surface area (Å²) in [7, 11) is 0. The van der Waals surface area contributed by atoms with E-state index in [0.717, 1.165) is 5.56 Å². The predicted molar refractivity (Wildman–Crippen MR) is 65.2 cm³/mol. The van der Waals surface area contributed by atoms with Crippen LogP contribution in [0.1, 0.15) is 11.3 Å². The van der Waals surface area contributed by atoms with Crippen LogP contribution in [0.3, 0.4) is 0 Å². The van der Waals surface area contributed by atoms with Gasteiger partial charge in [0.15, 0.2) is 0 Å². The van der Waals surface area contributed by atoms with E-state index in [2.05, 4.69) is 25.9 Å². The van der Waals surface area contributed by atoms with E-state index in [9.17, 15) is 4.39 Å². The summed E-state index contributed by atoms with van der Waals surface area (Å²) in [4.78, 5) is 8.06. The highest BCUT2D eigenvalue weighted by molar-refractivity contribution is 9.10. The van der Waals surface area contributed by atoms with E-state index in [1.807, 2.05) is 0 Å². The van der Waals surface area contributed by atoms with Crippen molar-refractivity contribution >= 4 is 15.9 Å². The number of ether oxygens (including phenoxy) is 1. The molecule has 0 atom stereocenters. The van der Waals surface area contributed by atoms with Gasteiger partial charge in [-0.2, -0.15) is 0 Å². The van der Waals surface area contributed by atoms with E-state index in [-0.39, 0.29) is 18.1 Å². The fourth-order valence-corrected chi connectivity index (χ4v) is 1.61. The van der Waals surface area contributed by atoms with Crippen LogP contribution in [0.2, 0.25) is 0 Å². The normalized spacial score (nSPS) is 10.3. The van der Waals surface area contributed by atoms with Crippen molar-refractivity contribution < 1.29 is 9.13 Å². The summed E-state index contributed by atoms with van der Waals surface area (Å²) < 4.78 is 19.5. The van der Waals surface area contributed by atoms with Crippen LogP contribution < -0.4 is 4.74 Å². The Morgan fingerprint density at radius 2 is 2.24 bits per heavy atom. The highest BCUT2D eigenvalue weighted by Crippen LogP contribution is 2.14. The molecule has 17 heavy (non-hydrogen) atoms. The van der Waals surface area contributed by atoms with E-state index in [1.165, 1.54) is 6.07 Å². The van der Waals surface area contributed by atoms with Crippen LogP contribution in [0.25, 0.3) is 0 Å². The molecule has 2 aromatic rings. The molecule has 0 bridgehead atoms. The molecular formula is C12H10BrFN2O. The van der Waals surface area contributed by atoms with Crippen molar-refractivity contribution in [2.75, 3.05) is 0 Å². The van der Waals surface area contributed by atoms with Gasteiger partial charge in [-0.3, -0.25) is 4.98 Å². The van der Waals surface area contributed by atoms with Crippen molar-refractivity contribution in [3.05, 3.63) is 52.1 Å². The Kier molecular flexibility index (Phi) is 3.68. The molecule has 2 heterocycles. The van der Waals surface area contributed by atoms with Gasteiger partial charge in [0.2, 0.25) is 5.88 Å². The second kappa shape index (κ2) is 5.23. The van der Waals surface area contributed by atoms with E-state index >= 15 is 0 Å². The molecule has 0 aliphatic rings. The largest absolute Gasteiger partial charge is 0.471 e. The first-order valence-corrected chi connectivity index (χ1v) is 5.81. The summed E-state index contributed by atoms with van der Waals surface area (Å²) in [6, 6.07) is 6.72. The molecule has 0 radical (unpaired) electrons. The third-order valence-corrected chi connectivity index (χ3v) is 2.54. The van der Waals surface area contributed by atoms with Gasteiger partial charge in [-0.05, 0) is 40.5 Å². The molecule has 0 saturated carbocycles. The minimum Gasteiger partial charge on any atom is -0.471 e. The standard InChI is InChI=1S/C12H10BrFN2O/c1-8-5-9(14)10(15-6-8)7-17-12-4-2-3-11(13)16-12/h2-6H,7H2,1H3. The van der Waals surface area contributed by atoms with Gasteiger partial charge in [0, 0.05) is 12.3 Å². The monoisotopic (exact) mass is 296 g/mol. The fourth-order valence-electron chi connectivity index (χ4n) is 1.28. The molecule has 2 rings (SSSR count). The van der Waals surface area contributed by atoms with Crippen molar-refractivity contribution in [1.82, 2.24) is 9.97 Å². The van der Waals surface area contributed by atoms with Crippen LogP contribution >= 0.6 is 15.9 Å². The molecule has 0 unspecified atom stereocenters. The van der Waals surface area contributed by atoms with Crippen LogP contribution in [0.15, 0.2) is 35.1 Å². The van der Waals surface area contributed by atoms with Crippen molar-refractivity contribution in [2.24, 2.45) is 0 Å². The van der Waals surface area contributed by atoms with Gasteiger partial charge >= 0.3 is 0 Å². The zero-order valence-electron chi connectivity index (χ0n) is 9.15. The molecular weight excluding hydrogens is 287 g/mol. The Morgan fingerprint density at radius 3 is 2.94 bits per heavy atom. The lowest BCUT2D eigenvalue weighted by Crippen LogP contribution is -2.02. The third kappa shape index (κ3) is 3.23. The van der Waals surface area contributed by atoms with Crippen molar-refractivity contribution in [3.63, 3.8) is 0 Å². The second-order valence-corrected chi connectivity index (χ2v) is 4.34. The Labute approximate surface area is 107 Å². The Balaban J connectivity index is 2.07. The molecule has 5 heteroatoms. The van der Waals surface area contributed by atoms with Crippen LogP contribution in [-0.4, -0.2) is 9.97 Å². The number of aromatic nitrogens is 2. The minimum atomic E-state index is -0.361. The van der Waals surface area contributed by atoms with E-state index in [1.54, 1.807) is 31.3 Å². The molecule has 0 saturated heterocycles. The molecule has 88 valence electrons. The van der Waals surface area contributed by atoms with Crippen LogP contribution in [0.5, 0.6) is 5.88 Å². The van der Waals surface area contributed by atoms with E-state index < -0.39 is 0 Å². The highest BCUT2D eigenvalue weighted by atomic mass is 79.9. The van der Waals surface area contributed by atoms with Crippen molar-refractivity contribution in [2.45, 2.75) is 13.5 Å². The zero-order valence-corrected chi connectivity index (χ0v) is 10.7. The average Bonchev–Trinajstić information content (AvgIpc) is 2.28. The van der Waals surface area contributed by atoms with E-state index in [4.69, 9.17) is 4.74 Å². The van der Waals surface area contributed by atoms with Gasteiger partial charge in [-0.15, -0.1) is 0 Å². The second-order valence-electron chi connectivity index (χ2n) is 3.53. The first-order chi connectivity index (χ1) is 8.15. The Hall–Kier alpha value is -1.49. The molecule has 0 aliphatic heterocycles. The van der Waals surface area contributed by atoms with E-state index in [0.29, 0.717) is 10.5 Å². The maximum Gasteiger partial charge on any atom is 0.214 e. The maximum absolute atomic E-state index is 13.5. The molecule has 0 spiro atoms. The SMILES string of the molecule is Cc1cnc(COc2cccc(Br)n2)c(F)c1. The highest BCUT2D eigenvalue weighted by Gasteiger charge is 2.05. The summed E-state index contributed by atoms with van der Waals surface area (Å²) in [6.45, 7) is 1.85. The topological polar surface area (TPSA) is 35.0 Å². The number of aryl methyl sites for hydroxylation is 1.